The third-order valence-electron chi connectivity index (χ3n) is 8.01. The minimum absolute atomic E-state index is 0.211. The molecule has 8 nitrogen and oxygen atoms in total. The molecule has 2 N–H and O–H groups in total. The van der Waals surface area contributed by atoms with E-state index < -0.39 is 17.8 Å². The number of benzene rings is 5. The molecule has 0 fully saturated rings. The van der Waals surface area contributed by atoms with Crippen molar-refractivity contribution < 1.29 is 28.6 Å². The fourth-order valence-electron chi connectivity index (χ4n) is 5.32. The van der Waals surface area contributed by atoms with Gasteiger partial charge in [0.15, 0.2) is 5.78 Å². The third kappa shape index (κ3) is 11.2. The van der Waals surface area contributed by atoms with E-state index in [2.05, 4.69) is 10.6 Å². The molecule has 9 heteroatoms. The molecule has 0 radical (unpaired) electrons. The summed E-state index contributed by atoms with van der Waals surface area (Å²) in [6.45, 7) is 6.20. The molecule has 0 saturated carbocycles. The number of halogens is 1. The van der Waals surface area contributed by atoms with E-state index in [4.69, 9.17) is 25.8 Å². The van der Waals surface area contributed by atoms with Crippen LogP contribution < -0.4 is 24.8 Å². The first kappa shape index (κ1) is 36.7. The number of hydrogen-bond acceptors (Lipinski definition) is 6. The second-order valence-electron chi connectivity index (χ2n) is 12.3. The second kappa shape index (κ2) is 17.9. The maximum Gasteiger partial charge on any atom is 0.273 e. The summed E-state index contributed by atoms with van der Waals surface area (Å²) in [5.74, 6) is 0.588. The lowest BCUT2D eigenvalue weighted by Crippen LogP contribution is -2.38. The zero-order valence-corrected chi connectivity index (χ0v) is 29.7. The Morgan fingerprint density at radius 3 is 2.08 bits per heavy atom. The molecule has 5 aromatic rings. The van der Waals surface area contributed by atoms with Crippen molar-refractivity contribution in [3.05, 3.63) is 148 Å². The SMILES string of the molecule is CC(=O)C(Oc1ccc(Cc2ccc(OCc3ccccc3)cc2)cc1)C(=O)Nc1cc(NC(=O)CCCOc2ccc(C)cc2C)ccc1Cl. The molecule has 2 amide bonds. The highest BCUT2D eigenvalue weighted by molar-refractivity contribution is 6.34. The van der Waals surface area contributed by atoms with Gasteiger partial charge < -0.3 is 24.8 Å². The molecule has 0 aliphatic heterocycles. The van der Waals surface area contributed by atoms with Crippen LogP contribution in [0.15, 0.2) is 115 Å². The van der Waals surface area contributed by atoms with Crippen LogP contribution in [-0.2, 0) is 27.4 Å². The maximum absolute atomic E-state index is 13.2. The average molecular weight is 705 g/mol. The number of rotatable bonds is 16. The van der Waals surface area contributed by atoms with Gasteiger partial charge >= 0.3 is 0 Å². The fourth-order valence-corrected chi connectivity index (χ4v) is 5.48. The number of anilines is 2. The van der Waals surface area contributed by atoms with Gasteiger partial charge in [-0.15, -0.1) is 0 Å². The molecule has 5 aromatic carbocycles. The standard InChI is InChI=1S/C42H41ClN2O6/c1-28-11-22-39(29(2)24-28)49-23-7-10-40(47)44-34-16-21-37(43)38(26-34)45-42(48)41(30(3)46)51-36-19-14-32(15-20-36)25-31-12-17-35(18-13-31)50-27-33-8-5-4-6-9-33/h4-6,8-9,11-22,24,26,41H,7,10,23,25,27H2,1-3H3,(H,44,47)(H,45,48). The van der Waals surface area contributed by atoms with Crippen molar-refractivity contribution in [3.8, 4) is 17.2 Å². The van der Waals surface area contributed by atoms with Gasteiger partial charge in [0, 0.05) is 12.1 Å². The van der Waals surface area contributed by atoms with E-state index in [1.165, 1.54) is 13.0 Å². The van der Waals surface area contributed by atoms with Gasteiger partial charge in [-0.05, 0) is 104 Å². The molecular formula is C42H41ClN2O6. The van der Waals surface area contributed by atoms with Crippen LogP contribution in [0.5, 0.6) is 17.2 Å². The normalized spacial score (nSPS) is 11.3. The quantitative estimate of drug-likeness (QED) is 0.0786. The molecule has 0 aliphatic carbocycles. The lowest BCUT2D eigenvalue weighted by atomic mass is 10.0. The maximum atomic E-state index is 13.2. The molecule has 0 aromatic heterocycles. The van der Waals surface area contributed by atoms with Crippen molar-refractivity contribution in [3.63, 3.8) is 0 Å². The van der Waals surface area contributed by atoms with Crippen molar-refractivity contribution in [2.24, 2.45) is 0 Å². The summed E-state index contributed by atoms with van der Waals surface area (Å²) < 4.78 is 17.5. The summed E-state index contributed by atoms with van der Waals surface area (Å²) in [7, 11) is 0. The Balaban J connectivity index is 1.10. The number of amides is 2. The van der Waals surface area contributed by atoms with E-state index >= 15 is 0 Å². The second-order valence-corrected chi connectivity index (χ2v) is 12.7. The van der Waals surface area contributed by atoms with Crippen molar-refractivity contribution in [2.75, 3.05) is 17.2 Å². The molecule has 262 valence electrons. The highest BCUT2D eigenvalue weighted by atomic mass is 35.5. The Labute approximate surface area is 303 Å². The lowest BCUT2D eigenvalue weighted by molar-refractivity contribution is -0.133. The van der Waals surface area contributed by atoms with Gasteiger partial charge in [-0.3, -0.25) is 14.4 Å². The van der Waals surface area contributed by atoms with Crippen molar-refractivity contribution >= 4 is 40.6 Å². The van der Waals surface area contributed by atoms with Crippen LogP contribution in [0.25, 0.3) is 0 Å². The van der Waals surface area contributed by atoms with Crippen molar-refractivity contribution in [1.29, 1.82) is 0 Å². The van der Waals surface area contributed by atoms with E-state index in [0.29, 0.717) is 37.5 Å². The van der Waals surface area contributed by atoms with Crippen molar-refractivity contribution in [2.45, 2.75) is 52.7 Å². The van der Waals surface area contributed by atoms with Crippen molar-refractivity contribution in [1.82, 2.24) is 0 Å². The molecule has 1 unspecified atom stereocenters. The van der Waals surface area contributed by atoms with Crippen LogP contribution >= 0.6 is 11.6 Å². The molecule has 0 aliphatic rings. The van der Waals surface area contributed by atoms with E-state index in [9.17, 15) is 14.4 Å². The molecule has 1 atom stereocenters. The number of ether oxygens (including phenoxy) is 3. The highest BCUT2D eigenvalue weighted by Crippen LogP contribution is 2.27. The smallest absolute Gasteiger partial charge is 0.273 e. The molecule has 0 spiro atoms. The van der Waals surface area contributed by atoms with Crippen LogP contribution in [0.4, 0.5) is 11.4 Å². The zero-order chi connectivity index (χ0) is 36.2. The summed E-state index contributed by atoms with van der Waals surface area (Å²) in [6.07, 6.45) is 0.0330. The molecule has 5 rings (SSSR count). The Morgan fingerprint density at radius 1 is 0.725 bits per heavy atom. The highest BCUT2D eigenvalue weighted by Gasteiger charge is 2.26. The van der Waals surface area contributed by atoms with Gasteiger partial charge in [-0.25, -0.2) is 0 Å². The summed E-state index contributed by atoms with van der Waals surface area (Å²) in [4.78, 5) is 38.3. The summed E-state index contributed by atoms with van der Waals surface area (Å²) >= 11 is 6.36. The summed E-state index contributed by atoms with van der Waals surface area (Å²) in [5.41, 5.74) is 6.13. The van der Waals surface area contributed by atoms with Gasteiger partial charge in [-0.2, -0.15) is 0 Å². The number of ketones is 1. The number of aryl methyl sites for hydroxylation is 2. The van der Waals surface area contributed by atoms with Gasteiger partial charge in [-0.1, -0.05) is 83.9 Å². The minimum Gasteiger partial charge on any atom is -0.493 e. The first-order chi connectivity index (χ1) is 24.6. The Kier molecular flexibility index (Phi) is 12.9. The van der Waals surface area contributed by atoms with Gasteiger partial charge in [0.05, 0.1) is 17.3 Å². The molecule has 0 saturated heterocycles. The molecular weight excluding hydrogens is 664 g/mol. The predicted octanol–water partition coefficient (Wildman–Crippen LogP) is 8.90. The lowest BCUT2D eigenvalue weighted by Gasteiger charge is -2.18. The number of nitrogens with one attached hydrogen (secondary N) is 2. The van der Waals surface area contributed by atoms with Crippen LogP contribution in [0, 0.1) is 13.8 Å². The van der Waals surface area contributed by atoms with Crippen LogP contribution in [-0.4, -0.2) is 30.3 Å². The van der Waals surface area contributed by atoms with E-state index in [1.807, 2.05) is 98.8 Å². The van der Waals surface area contributed by atoms with E-state index in [-0.39, 0.29) is 23.0 Å². The fraction of sp³-hybridized carbons (Fsp3) is 0.214. The summed E-state index contributed by atoms with van der Waals surface area (Å²) in [5, 5.41) is 5.74. The van der Waals surface area contributed by atoms with Gasteiger partial charge in [0.25, 0.3) is 5.91 Å². The van der Waals surface area contributed by atoms with E-state index in [0.717, 1.165) is 39.3 Å². The van der Waals surface area contributed by atoms with Crippen LogP contribution in [0.3, 0.4) is 0 Å². The summed E-state index contributed by atoms with van der Waals surface area (Å²) in [6, 6.07) is 35.9. The Hall–Kier alpha value is -5.60. The molecule has 0 heterocycles. The predicted molar refractivity (Wildman–Crippen MR) is 201 cm³/mol. The van der Waals surface area contributed by atoms with Gasteiger partial charge in [0.2, 0.25) is 12.0 Å². The number of carbonyl (C=O) groups excluding carboxylic acids is 3. The Morgan fingerprint density at radius 2 is 1.41 bits per heavy atom. The van der Waals surface area contributed by atoms with E-state index in [1.54, 1.807) is 24.3 Å². The number of carbonyl (C=O) groups is 3. The zero-order valence-electron chi connectivity index (χ0n) is 28.9. The largest absolute Gasteiger partial charge is 0.493 e. The topological polar surface area (TPSA) is 103 Å². The molecule has 51 heavy (non-hydrogen) atoms. The third-order valence-corrected chi connectivity index (χ3v) is 8.34. The van der Waals surface area contributed by atoms with Gasteiger partial charge in [0.1, 0.15) is 23.9 Å². The molecule has 0 bridgehead atoms. The van der Waals surface area contributed by atoms with Crippen LogP contribution in [0.2, 0.25) is 5.02 Å². The Bertz CT molecular complexity index is 1950. The van der Waals surface area contributed by atoms with Crippen LogP contribution in [0.1, 0.15) is 47.6 Å². The monoisotopic (exact) mass is 704 g/mol. The first-order valence-corrected chi connectivity index (χ1v) is 17.1. The number of hydrogen-bond donors (Lipinski definition) is 2. The number of Topliss-reactive ketones (excluding diaryl/α,β-unsaturated/α-hetero) is 1. The minimum atomic E-state index is -1.41. The average Bonchev–Trinajstić information content (AvgIpc) is 3.12. The first-order valence-electron chi connectivity index (χ1n) is 16.7.